The predicted octanol–water partition coefficient (Wildman–Crippen LogP) is 3.53. The minimum atomic E-state index is -3.86. The Morgan fingerprint density at radius 2 is 1.83 bits per heavy atom. The Hall–Kier alpha value is -3.39. The summed E-state index contributed by atoms with van der Waals surface area (Å²) < 4.78 is 27.6. The molecular formula is C21H21N3O4S. The Labute approximate surface area is 169 Å². The minimum Gasteiger partial charge on any atom is -0.478 e. The summed E-state index contributed by atoms with van der Waals surface area (Å²) in [7, 11) is -2.12. The average Bonchev–Trinajstić information content (AvgIpc) is 2.68. The van der Waals surface area contributed by atoms with Gasteiger partial charge in [0.05, 0.1) is 16.8 Å². The number of nitrogens with zero attached hydrogens (tertiary/aromatic N) is 2. The summed E-state index contributed by atoms with van der Waals surface area (Å²) in [5.74, 6) is -0.941. The molecule has 3 rings (SSSR count). The molecule has 0 aliphatic carbocycles. The number of aromatic carboxylic acids is 1. The second kappa shape index (κ2) is 8.32. The lowest BCUT2D eigenvalue weighted by atomic mass is 10.2. The van der Waals surface area contributed by atoms with Crippen LogP contribution in [0.5, 0.6) is 0 Å². The molecular weight excluding hydrogens is 390 g/mol. The van der Waals surface area contributed by atoms with E-state index in [-0.39, 0.29) is 22.0 Å². The third kappa shape index (κ3) is 4.91. The van der Waals surface area contributed by atoms with E-state index in [4.69, 9.17) is 0 Å². The topological polar surface area (TPSA) is 99.6 Å². The summed E-state index contributed by atoms with van der Waals surface area (Å²) >= 11 is 0. The number of carboxylic acids is 1. The monoisotopic (exact) mass is 411 g/mol. The second-order valence-electron chi connectivity index (χ2n) is 6.66. The zero-order valence-corrected chi connectivity index (χ0v) is 16.8. The van der Waals surface area contributed by atoms with Gasteiger partial charge in [0.2, 0.25) is 0 Å². The Bertz CT molecular complexity index is 1130. The van der Waals surface area contributed by atoms with Gasteiger partial charge in [0, 0.05) is 13.6 Å². The Morgan fingerprint density at radius 3 is 2.48 bits per heavy atom. The smallest absolute Gasteiger partial charge is 0.339 e. The third-order valence-corrected chi connectivity index (χ3v) is 5.65. The van der Waals surface area contributed by atoms with Crippen LogP contribution in [0, 0.1) is 6.92 Å². The first-order valence-corrected chi connectivity index (χ1v) is 10.3. The number of hydrogen-bond donors (Lipinski definition) is 2. The van der Waals surface area contributed by atoms with Crippen molar-refractivity contribution in [2.24, 2.45) is 0 Å². The normalized spacial score (nSPS) is 11.1. The largest absolute Gasteiger partial charge is 0.478 e. The van der Waals surface area contributed by atoms with Crippen LogP contribution < -0.4 is 9.62 Å². The summed E-state index contributed by atoms with van der Waals surface area (Å²) in [5, 5.41) is 9.61. The van der Waals surface area contributed by atoms with E-state index < -0.39 is 16.0 Å². The second-order valence-corrected chi connectivity index (χ2v) is 8.35. The van der Waals surface area contributed by atoms with Gasteiger partial charge in [-0.05, 0) is 36.2 Å². The first kappa shape index (κ1) is 20.3. The van der Waals surface area contributed by atoms with Gasteiger partial charge >= 0.3 is 5.97 Å². The Kier molecular flexibility index (Phi) is 5.84. The van der Waals surface area contributed by atoms with Crippen LogP contribution in [-0.4, -0.2) is 31.5 Å². The van der Waals surface area contributed by atoms with Crippen molar-refractivity contribution < 1.29 is 18.3 Å². The van der Waals surface area contributed by atoms with E-state index in [9.17, 15) is 18.3 Å². The number of hydrogen-bond acceptors (Lipinski definition) is 5. The number of pyridine rings is 1. The lowest BCUT2D eigenvalue weighted by molar-refractivity contribution is 0.0697. The van der Waals surface area contributed by atoms with Gasteiger partial charge in [-0.2, -0.15) is 0 Å². The first-order chi connectivity index (χ1) is 13.8. The van der Waals surface area contributed by atoms with Crippen LogP contribution >= 0.6 is 0 Å². The molecule has 0 saturated heterocycles. The maximum atomic E-state index is 12.6. The molecule has 3 aromatic rings. The number of sulfonamides is 1. The zero-order valence-electron chi connectivity index (χ0n) is 16.0. The molecule has 29 heavy (non-hydrogen) atoms. The molecule has 0 amide bonds. The van der Waals surface area contributed by atoms with E-state index in [2.05, 4.69) is 9.71 Å². The summed E-state index contributed by atoms with van der Waals surface area (Å²) in [5.41, 5.74) is 1.79. The highest BCUT2D eigenvalue weighted by Gasteiger charge is 2.20. The van der Waals surface area contributed by atoms with Crippen LogP contribution in [0.2, 0.25) is 0 Å². The number of carbonyl (C=O) groups is 1. The van der Waals surface area contributed by atoms with Gasteiger partial charge in [0.1, 0.15) is 11.4 Å². The van der Waals surface area contributed by atoms with Crippen molar-refractivity contribution in [2.45, 2.75) is 18.4 Å². The molecule has 0 spiro atoms. The lowest BCUT2D eigenvalue weighted by Gasteiger charge is -2.21. The average molecular weight is 411 g/mol. The number of aromatic nitrogens is 1. The molecule has 0 bridgehead atoms. The lowest BCUT2D eigenvalue weighted by Crippen LogP contribution is -2.21. The quantitative estimate of drug-likeness (QED) is 0.617. The molecule has 0 atom stereocenters. The van der Waals surface area contributed by atoms with Crippen LogP contribution in [0.3, 0.4) is 0 Å². The molecule has 150 valence electrons. The standard InChI is InChI=1S/C21H21N3O4S/c1-15-7-6-10-18(11-15)29(27,28)23-17-12-19(21(25)26)20(22-13-17)24(2)14-16-8-4-3-5-9-16/h3-13,23H,14H2,1-2H3,(H,25,26). The van der Waals surface area contributed by atoms with E-state index in [1.54, 1.807) is 31.0 Å². The van der Waals surface area contributed by atoms with Gasteiger partial charge in [-0.3, -0.25) is 4.72 Å². The highest BCUT2D eigenvalue weighted by molar-refractivity contribution is 7.92. The number of nitrogens with one attached hydrogen (secondary N) is 1. The molecule has 0 saturated carbocycles. The van der Waals surface area contributed by atoms with Gasteiger partial charge < -0.3 is 10.0 Å². The fourth-order valence-electron chi connectivity index (χ4n) is 2.90. The number of rotatable bonds is 7. The molecule has 0 aliphatic heterocycles. The van der Waals surface area contributed by atoms with Crippen molar-refractivity contribution in [3.05, 3.63) is 83.6 Å². The molecule has 1 heterocycles. The van der Waals surface area contributed by atoms with Gasteiger partial charge in [0.15, 0.2) is 0 Å². The number of carboxylic acid groups (broad SMARTS) is 1. The number of anilines is 2. The third-order valence-electron chi connectivity index (χ3n) is 4.27. The van der Waals surface area contributed by atoms with Gasteiger partial charge in [0.25, 0.3) is 10.0 Å². The fraction of sp³-hybridized carbons (Fsp3) is 0.143. The van der Waals surface area contributed by atoms with E-state index in [0.717, 1.165) is 11.1 Å². The summed E-state index contributed by atoms with van der Waals surface area (Å²) in [6.07, 6.45) is 1.32. The molecule has 0 aliphatic rings. The van der Waals surface area contributed by atoms with Crippen LogP contribution in [-0.2, 0) is 16.6 Å². The first-order valence-electron chi connectivity index (χ1n) is 8.84. The highest BCUT2D eigenvalue weighted by Crippen LogP contribution is 2.24. The van der Waals surface area contributed by atoms with Gasteiger partial charge in [-0.25, -0.2) is 18.2 Å². The maximum absolute atomic E-state index is 12.6. The Balaban J connectivity index is 1.89. The van der Waals surface area contributed by atoms with Crippen LogP contribution in [0.4, 0.5) is 11.5 Å². The Morgan fingerprint density at radius 1 is 1.10 bits per heavy atom. The van der Waals surface area contributed by atoms with Crippen molar-refractivity contribution in [2.75, 3.05) is 16.7 Å². The summed E-state index contributed by atoms with van der Waals surface area (Å²) in [4.78, 5) is 17.8. The highest BCUT2D eigenvalue weighted by atomic mass is 32.2. The van der Waals surface area contributed by atoms with E-state index in [1.165, 1.54) is 24.4 Å². The molecule has 2 aromatic carbocycles. The van der Waals surface area contributed by atoms with Crippen molar-refractivity contribution in [1.82, 2.24) is 4.98 Å². The predicted molar refractivity (Wildman–Crippen MR) is 112 cm³/mol. The number of aryl methyl sites for hydroxylation is 1. The molecule has 1 aromatic heterocycles. The van der Waals surface area contributed by atoms with Crippen molar-refractivity contribution >= 4 is 27.5 Å². The minimum absolute atomic E-state index is 0.0840. The molecule has 2 N–H and O–H groups in total. The van der Waals surface area contributed by atoms with Crippen LogP contribution in [0.25, 0.3) is 0 Å². The van der Waals surface area contributed by atoms with Crippen molar-refractivity contribution in [1.29, 1.82) is 0 Å². The number of benzene rings is 2. The van der Waals surface area contributed by atoms with Gasteiger partial charge in [-0.15, -0.1) is 0 Å². The van der Waals surface area contributed by atoms with Crippen molar-refractivity contribution in [3.8, 4) is 0 Å². The van der Waals surface area contributed by atoms with E-state index >= 15 is 0 Å². The molecule has 7 nitrogen and oxygen atoms in total. The molecule has 0 radical (unpaired) electrons. The maximum Gasteiger partial charge on any atom is 0.339 e. The molecule has 0 fully saturated rings. The fourth-order valence-corrected chi connectivity index (χ4v) is 4.04. The zero-order chi connectivity index (χ0) is 21.0. The molecule has 0 unspecified atom stereocenters. The van der Waals surface area contributed by atoms with Crippen LogP contribution in [0.15, 0.2) is 71.8 Å². The molecule has 8 heteroatoms. The summed E-state index contributed by atoms with van der Waals surface area (Å²) in [6, 6.07) is 17.3. The summed E-state index contributed by atoms with van der Waals surface area (Å²) in [6.45, 7) is 2.25. The van der Waals surface area contributed by atoms with Crippen LogP contribution in [0.1, 0.15) is 21.5 Å². The van der Waals surface area contributed by atoms with Gasteiger partial charge in [-0.1, -0.05) is 42.5 Å². The van der Waals surface area contributed by atoms with Crippen molar-refractivity contribution in [3.63, 3.8) is 0 Å². The SMILES string of the molecule is Cc1cccc(S(=O)(=O)Nc2cnc(N(C)Cc3ccccc3)c(C(=O)O)c2)c1. The van der Waals surface area contributed by atoms with E-state index in [0.29, 0.717) is 6.54 Å². The van der Waals surface area contributed by atoms with E-state index in [1.807, 2.05) is 30.3 Å².